The Kier molecular flexibility index (Phi) is 3.86. The maximum absolute atomic E-state index is 12.1. The van der Waals surface area contributed by atoms with Gasteiger partial charge in [0.1, 0.15) is 11.5 Å². The van der Waals surface area contributed by atoms with Gasteiger partial charge in [-0.25, -0.2) is 4.79 Å². The van der Waals surface area contributed by atoms with Gasteiger partial charge < -0.3 is 14.6 Å². The summed E-state index contributed by atoms with van der Waals surface area (Å²) >= 11 is 0. The molecule has 0 aliphatic heterocycles. The summed E-state index contributed by atoms with van der Waals surface area (Å²) in [6, 6.07) is 6.00. The molecular weight excluding hydrogens is 316 g/mol. The van der Waals surface area contributed by atoms with Gasteiger partial charge in [0, 0.05) is 21.9 Å². The number of carbonyl (C=O) groups excluding carboxylic acids is 1. The van der Waals surface area contributed by atoms with Crippen LogP contribution >= 0.6 is 0 Å². The molecule has 132 valence electrons. The molecule has 0 heterocycles. The highest BCUT2D eigenvalue weighted by Crippen LogP contribution is 2.62. The van der Waals surface area contributed by atoms with Crippen LogP contribution in [0.15, 0.2) is 18.2 Å². The molecule has 4 nitrogen and oxygen atoms in total. The van der Waals surface area contributed by atoms with E-state index in [4.69, 9.17) is 9.47 Å². The highest BCUT2D eigenvalue weighted by molar-refractivity contribution is 5.98. The second-order valence-corrected chi connectivity index (χ2v) is 7.28. The molecule has 2 aliphatic rings. The van der Waals surface area contributed by atoms with Crippen molar-refractivity contribution in [3.63, 3.8) is 0 Å². The van der Waals surface area contributed by atoms with Crippen LogP contribution in [0.1, 0.15) is 62.1 Å². The average Bonchev–Trinajstić information content (AvgIpc) is 3.15. The molecule has 2 aliphatic carbocycles. The van der Waals surface area contributed by atoms with Crippen molar-refractivity contribution in [2.45, 2.75) is 51.9 Å². The second-order valence-electron chi connectivity index (χ2n) is 7.28. The van der Waals surface area contributed by atoms with Crippen molar-refractivity contribution < 1.29 is 19.4 Å². The maximum Gasteiger partial charge on any atom is 0.513 e. The van der Waals surface area contributed by atoms with E-state index in [1.165, 1.54) is 0 Å². The Balaban J connectivity index is 1.97. The lowest BCUT2D eigenvalue weighted by molar-refractivity contribution is 0.104. The van der Waals surface area contributed by atoms with Gasteiger partial charge in [-0.05, 0) is 55.6 Å². The molecule has 2 aromatic carbocycles. The number of hydrogen-bond donors (Lipinski definition) is 1. The van der Waals surface area contributed by atoms with Crippen LogP contribution in [0.3, 0.4) is 0 Å². The lowest BCUT2D eigenvalue weighted by atomic mass is 9.81. The van der Waals surface area contributed by atoms with Crippen molar-refractivity contribution in [2.75, 3.05) is 6.61 Å². The van der Waals surface area contributed by atoms with E-state index < -0.39 is 6.16 Å². The van der Waals surface area contributed by atoms with E-state index in [1.807, 2.05) is 18.2 Å². The number of phenols is 1. The minimum Gasteiger partial charge on any atom is -0.507 e. The van der Waals surface area contributed by atoms with Crippen LogP contribution in [0.25, 0.3) is 10.8 Å². The summed E-state index contributed by atoms with van der Waals surface area (Å²) < 4.78 is 10.7. The van der Waals surface area contributed by atoms with Crippen molar-refractivity contribution in [3.05, 3.63) is 34.9 Å². The number of ether oxygens (including phenoxy) is 2. The van der Waals surface area contributed by atoms with Crippen molar-refractivity contribution >= 4 is 16.9 Å². The summed E-state index contributed by atoms with van der Waals surface area (Å²) in [5.41, 5.74) is 3.16. The van der Waals surface area contributed by atoms with Gasteiger partial charge in [0.05, 0.1) is 6.61 Å². The Hall–Kier alpha value is -2.23. The quantitative estimate of drug-likeness (QED) is 0.612. The molecule has 4 heteroatoms. The van der Waals surface area contributed by atoms with Crippen LogP contribution in [-0.2, 0) is 11.2 Å². The van der Waals surface area contributed by atoms with Crippen molar-refractivity contribution in [1.29, 1.82) is 0 Å². The molecule has 25 heavy (non-hydrogen) atoms. The fraction of sp³-hybridized carbons (Fsp3) is 0.476. The molecule has 0 amide bonds. The molecule has 3 atom stereocenters. The zero-order chi connectivity index (χ0) is 17.7. The molecule has 1 fully saturated rings. The minimum absolute atomic E-state index is 0.278. The van der Waals surface area contributed by atoms with Gasteiger partial charge >= 0.3 is 6.16 Å². The molecule has 0 aromatic heterocycles. The number of aromatic hydroxyl groups is 1. The summed E-state index contributed by atoms with van der Waals surface area (Å²) in [5, 5.41) is 12.5. The lowest BCUT2D eigenvalue weighted by Crippen LogP contribution is -2.15. The van der Waals surface area contributed by atoms with Gasteiger partial charge in [-0.2, -0.15) is 0 Å². The minimum atomic E-state index is -0.672. The third-order valence-electron chi connectivity index (χ3n) is 5.89. The zero-order valence-corrected chi connectivity index (χ0v) is 15.0. The third-order valence-corrected chi connectivity index (χ3v) is 5.89. The normalized spacial score (nSPS) is 23.7. The first-order chi connectivity index (χ1) is 12.0. The molecule has 1 saturated carbocycles. The molecule has 3 unspecified atom stereocenters. The van der Waals surface area contributed by atoms with Crippen LogP contribution in [0.5, 0.6) is 11.5 Å². The first-order valence-electron chi connectivity index (χ1n) is 9.21. The van der Waals surface area contributed by atoms with E-state index >= 15 is 0 Å². The summed E-state index contributed by atoms with van der Waals surface area (Å²) in [4.78, 5) is 12.1. The predicted octanol–water partition coefficient (Wildman–Crippen LogP) is 5.25. The Morgan fingerprint density at radius 1 is 1.20 bits per heavy atom. The van der Waals surface area contributed by atoms with Gasteiger partial charge in [-0.3, -0.25) is 0 Å². The van der Waals surface area contributed by atoms with E-state index in [0.29, 0.717) is 29.3 Å². The average molecular weight is 340 g/mol. The molecule has 0 radical (unpaired) electrons. The second kappa shape index (κ2) is 5.94. The highest BCUT2D eigenvalue weighted by Gasteiger charge is 2.46. The lowest BCUT2D eigenvalue weighted by Gasteiger charge is -2.25. The van der Waals surface area contributed by atoms with E-state index in [9.17, 15) is 9.90 Å². The van der Waals surface area contributed by atoms with Gasteiger partial charge in [-0.15, -0.1) is 0 Å². The molecule has 4 rings (SSSR count). The van der Waals surface area contributed by atoms with Crippen molar-refractivity contribution in [1.82, 2.24) is 0 Å². The van der Waals surface area contributed by atoms with Gasteiger partial charge in [0.15, 0.2) is 0 Å². The van der Waals surface area contributed by atoms with Crippen LogP contribution in [0.4, 0.5) is 4.79 Å². The zero-order valence-electron chi connectivity index (χ0n) is 15.0. The maximum atomic E-state index is 12.1. The molecule has 2 aromatic rings. The SMILES string of the molecule is CCOC(=O)Oc1c2c(c(O)c3ccc(CC)cc13)C1CC2CC1C. The summed E-state index contributed by atoms with van der Waals surface area (Å²) in [5.74, 6) is 2.20. The monoisotopic (exact) mass is 340 g/mol. The molecule has 0 spiro atoms. The van der Waals surface area contributed by atoms with E-state index in [1.54, 1.807) is 6.92 Å². The highest BCUT2D eigenvalue weighted by atomic mass is 16.7. The summed E-state index contributed by atoms with van der Waals surface area (Å²) in [7, 11) is 0. The standard InChI is InChI=1S/C21H24O4/c1-4-12-6-7-14-16(9-12)20(25-21(23)24-5-2)17-13-8-11(3)15(10-13)18(17)19(14)22/h6-7,9,11,13,15,22H,4-5,8,10H2,1-3H3. The number of benzene rings is 2. The fourth-order valence-electron chi connectivity index (χ4n) is 4.75. The van der Waals surface area contributed by atoms with Crippen molar-refractivity contribution in [2.24, 2.45) is 5.92 Å². The third kappa shape index (κ3) is 2.38. The molecular formula is C21H24O4. The number of rotatable bonds is 3. The van der Waals surface area contributed by atoms with Gasteiger partial charge in [0.2, 0.25) is 0 Å². The Labute approximate surface area is 147 Å². The van der Waals surface area contributed by atoms with Crippen LogP contribution in [-0.4, -0.2) is 17.9 Å². The van der Waals surface area contributed by atoms with E-state index in [0.717, 1.165) is 46.7 Å². The summed E-state index contributed by atoms with van der Waals surface area (Å²) in [6.45, 7) is 6.37. The smallest absolute Gasteiger partial charge is 0.507 e. The van der Waals surface area contributed by atoms with Crippen molar-refractivity contribution in [3.8, 4) is 11.5 Å². The molecule has 1 N–H and O–H groups in total. The van der Waals surface area contributed by atoms with Gasteiger partial charge in [-0.1, -0.05) is 26.0 Å². The first-order valence-corrected chi connectivity index (χ1v) is 9.21. The Morgan fingerprint density at radius 3 is 2.72 bits per heavy atom. The van der Waals surface area contributed by atoms with E-state index in [-0.39, 0.29) is 6.61 Å². The fourth-order valence-corrected chi connectivity index (χ4v) is 4.75. The van der Waals surface area contributed by atoms with Gasteiger partial charge in [0.25, 0.3) is 0 Å². The number of phenolic OH excluding ortho intramolecular Hbond substituents is 1. The van der Waals surface area contributed by atoms with E-state index in [2.05, 4.69) is 13.8 Å². The largest absolute Gasteiger partial charge is 0.513 e. The van der Waals surface area contributed by atoms with Crippen LogP contribution < -0.4 is 4.74 Å². The molecule has 2 bridgehead atoms. The van der Waals surface area contributed by atoms with Crippen LogP contribution in [0, 0.1) is 5.92 Å². The first kappa shape index (κ1) is 16.2. The topological polar surface area (TPSA) is 55.8 Å². The number of carbonyl (C=O) groups is 1. The Bertz CT molecular complexity index is 855. The molecule has 0 saturated heterocycles. The number of aryl methyl sites for hydroxylation is 1. The Morgan fingerprint density at radius 2 is 2.00 bits per heavy atom. The predicted molar refractivity (Wildman–Crippen MR) is 96.5 cm³/mol. The summed E-state index contributed by atoms with van der Waals surface area (Å²) in [6.07, 6.45) is 2.32. The number of fused-ring (bicyclic) bond motifs is 6. The number of hydrogen-bond acceptors (Lipinski definition) is 4. The van der Waals surface area contributed by atoms with Crippen LogP contribution in [0.2, 0.25) is 0 Å².